The highest BCUT2D eigenvalue weighted by molar-refractivity contribution is 5.79. The van der Waals surface area contributed by atoms with Gasteiger partial charge in [-0.25, -0.2) is 0 Å². The molecule has 0 spiro atoms. The van der Waals surface area contributed by atoms with E-state index in [0.29, 0.717) is 12.5 Å². The molecule has 3 unspecified atom stereocenters. The molecule has 3 atom stereocenters. The minimum atomic E-state index is -0.712. The molecular formula is C15H25N3O2. The van der Waals surface area contributed by atoms with Gasteiger partial charge in [0.2, 0.25) is 5.91 Å². The molecule has 1 amide bonds. The summed E-state index contributed by atoms with van der Waals surface area (Å²) in [5.41, 5.74) is -0.712. The normalized spacial score (nSPS) is 28.2. The third-order valence-electron chi connectivity index (χ3n) is 4.62. The number of hydrogen-bond donors (Lipinski definition) is 2. The number of piperidine rings is 1. The van der Waals surface area contributed by atoms with E-state index in [1.807, 2.05) is 13.8 Å². The van der Waals surface area contributed by atoms with E-state index in [0.717, 1.165) is 38.8 Å². The molecule has 0 aromatic heterocycles. The number of aliphatic hydroxyl groups excluding tert-OH is 1. The van der Waals surface area contributed by atoms with Gasteiger partial charge in [-0.05, 0) is 57.9 Å². The van der Waals surface area contributed by atoms with Crippen LogP contribution in [0.15, 0.2) is 0 Å². The maximum atomic E-state index is 12.1. The lowest BCUT2D eigenvalue weighted by Gasteiger charge is -2.34. The van der Waals surface area contributed by atoms with Crippen molar-refractivity contribution in [2.45, 2.75) is 51.2 Å². The van der Waals surface area contributed by atoms with Crippen molar-refractivity contribution in [1.82, 2.24) is 10.2 Å². The number of rotatable bonds is 5. The molecule has 112 valence electrons. The van der Waals surface area contributed by atoms with E-state index in [2.05, 4.69) is 16.3 Å². The summed E-state index contributed by atoms with van der Waals surface area (Å²) >= 11 is 0. The highest BCUT2D eigenvalue weighted by Crippen LogP contribution is 2.39. The zero-order chi connectivity index (χ0) is 14.8. The van der Waals surface area contributed by atoms with Crippen LogP contribution in [0.25, 0.3) is 0 Å². The Morgan fingerprint density at radius 2 is 2.25 bits per heavy atom. The molecular weight excluding hydrogens is 254 g/mol. The van der Waals surface area contributed by atoms with Gasteiger partial charge in [0.25, 0.3) is 0 Å². The highest BCUT2D eigenvalue weighted by atomic mass is 16.3. The van der Waals surface area contributed by atoms with Gasteiger partial charge in [-0.1, -0.05) is 0 Å². The fourth-order valence-electron chi connectivity index (χ4n) is 3.04. The lowest BCUT2D eigenvalue weighted by Crippen LogP contribution is -2.51. The number of nitriles is 1. The monoisotopic (exact) mass is 279 g/mol. The van der Waals surface area contributed by atoms with Crippen molar-refractivity contribution < 1.29 is 9.90 Å². The van der Waals surface area contributed by atoms with Crippen LogP contribution in [-0.4, -0.2) is 47.2 Å². The number of likely N-dealkylation sites (tertiary alicyclic amines) is 1. The second kappa shape index (κ2) is 6.11. The molecule has 2 rings (SSSR count). The van der Waals surface area contributed by atoms with Crippen molar-refractivity contribution in [3.8, 4) is 6.07 Å². The molecule has 2 fully saturated rings. The highest BCUT2D eigenvalue weighted by Gasteiger charge is 2.43. The molecule has 5 nitrogen and oxygen atoms in total. The van der Waals surface area contributed by atoms with Crippen LogP contribution >= 0.6 is 0 Å². The third kappa shape index (κ3) is 3.71. The summed E-state index contributed by atoms with van der Waals surface area (Å²) < 4.78 is 0. The fourth-order valence-corrected chi connectivity index (χ4v) is 3.04. The summed E-state index contributed by atoms with van der Waals surface area (Å²) in [6.45, 7) is 5.61. The Labute approximate surface area is 120 Å². The van der Waals surface area contributed by atoms with Gasteiger partial charge in [-0.3, -0.25) is 9.69 Å². The average molecular weight is 279 g/mol. The molecule has 20 heavy (non-hydrogen) atoms. The number of aliphatic hydroxyl groups is 1. The maximum absolute atomic E-state index is 12.1. The second-order valence-corrected chi connectivity index (χ2v) is 6.51. The predicted octanol–water partition coefficient (Wildman–Crippen LogP) is 0.888. The van der Waals surface area contributed by atoms with E-state index in [4.69, 9.17) is 0 Å². The van der Waals surface area contributed by atoms with Gasteiger partial charge in [-0.15, -0.1) is 0 Å². The molecule has 1 aliphatic carbocycles. The average Bonchev–Trinajstić information content (AvgIpc) is 3.23. The van der Waals surface area contributed by atoms with Crippen LogP contribution < -0.4 is 5.32 Å². The molecule has 1 heterocycles. The maximum Gasteiger partial charge on any atom is 0.235 e. The first-order valence-corrected chi connectivity index (χ1v) is 7.57. The van der Waals surface area contributed by atoms with E-state index >= 15 is 0 Å². The summed E-state index contributed by atoms with van der Waals surface area (Å²) in [4.78, 5) is 14.2. The van der Waals surface area contributed by atoms with Gasteiger partial charge in [0, 0.05) is 6.54 Å². The van der Waals surface area contributed by atoms with Crippen LogP contribution in [0.3, 0.4) is 0 Å². The Morgan fingerprint density at radius 3 is 2.80 bits per heavy atom. The Bertz CT molecular complexity index is 400. The molecule has 5 heteroatoms. The van der Waals surface area contributed by atoms with Crippen LogP contribution in [0, 0.1) is 23.2 Å². The molecule has 0 aromatic rings. The van der Waals surface area contributed by atoms with Crippen molar-refractivity contribution in [2.75, 3.05) is 19.6 Å². The van der Waals surface area contributed by atoms with Crippen LogP contribution in [0.1, 0.15) is 39.5 Å². The molecule has 1 saturated carbocycles. The smallest absolute Gasteiger partial charge is 0.235 e. The number of nitrogens with zero attached hydrogens (tertiary/aromatic N) is 2. The SMILES string of the molecule is CC(O)C1CCCN(CC(=O)NC(C)(C#N)C2CC2)C1. The van der Waals surface area contributed by atoms with Gasteiger partial charge in [0.1, 0.15) is 5.54 Å². The number of carbonyl (C=O) groups is 1. The van der Waals surface area contributed by atoms with Crippen molar-refractivity contribution in [2.24, 2.45) is 11.8 Å². The first-order chi connectivity index (χ1) is 9.44. The summed E-state index contributed by atoms with van der Waals surface area (Å²) in [5, 5.41) is 21.8. The van der Waals surface area contributed by atoms with Gasteiger partial charge < -0.3 is 10.4 Å². The van der Waals surface area contributed by atoms with Gasteiger partial charge in [-0.2, -0.15) is 5.26 Å². The minimum absolute atomic E-state index is 0.0767. The number of hydrogen-bond acceptors (Lipinski definition) is 4. The predicted molar refractivity (Wildman–Crippen MR) is 75.7 cm³/mol. The van der Waals surface area contributed by atoms with Crippen LogP contribution in [0.5, 0.6) is 0 Å². The summed E-state index contributed by atoms with van der Waals surface area (Å²) in [5.74, 6) is 0.484. The molecule has 2 aliphatic rings. The van der Waals surface area contributed by atoms with Gasteiger partial charge in [0.05, 0.1) is 18.7 Å². The Balaban J connectivity index is 1.83. The van der Waals surface area contributed by atoms with E-state index in [9.17, 15) is 15.2 Å². The van der Waals surface area contributed by atoms with Gasteiger partial charge in [0.15, 0.2) is 0 Å². The molecule has 0 aromatic carbocycles. The molecule has 1 saturated heterocycles. The molecule has 2 N–H and O–H groups in total. The first kappa shape index (κ1) is 15.3. The van der Waals surface area contributed by atoms with E-state index in [1.54, 1.807) is 0 Å². The lowest BCUT2D eigenvalue weighted by molar-refractivity contribution is -0.124. The fraction of sp³-hybridized carbons (Fsp3) is 0.867. The quantitative estimate of drug-likeness (QED) is 0.783. The first-order valence-electron chi connectivity index (χ1n) is 7.57. The lowest BCUT2D eigenvalue weighted by atomic mass is 9.93. The largest absolute Gasteiger partial charge is 0.393 e. The zero-order valence-corrected chi connectivity index (χ0v) is 12.4. The van der Waals surface area contributed by atoms with Crippen molar-refractivity contribution in [3.63, 3.8) is 0 Å². The number of carbonyl (C=O) groups excluding carboxylic acids is 1. The van der Waals surface area contributed by atoms with Crippen molar-refractivity contribution in [3.05, 3.63) is 0 Å². The van der Waals surface area contributed by atoms with Crippen LogP contribution in [0.4, 0.5) is 0 Å². The zero-order valence-electron chi connectivity index (χ0n) is 12.4. The third-order valence-corrected chi connectivity index (χ3v) is 4.62. The molecule has 0 bridgehead atoms. The Hall–Kier alpha value is -1.12. The topological polar surface area (TPSA) is 76.4 Å². The summed E-state index contributed by atoms with van der Waals surface area (Å²) in [6, 6.07) is 2.25. The van der Waals surface area contributed by atoms with Crippen LogP contribution in [0.2, 0.25) is 0 Å². The Morgan fingerprint density at radius 1 is 1.55 bits per heavy atom. The van der Waals surface area contributed by atoms with E-state index in [-0.39, 0.29) is 17.9 Å². The standard InChI is InChI=1S/C15H25N3O2/c1-11(19)12-4-3-7-18(8-12)9-14(20)17-15(2,10-16)13-5-6-13/h11-13,19H,3-9H2,1-2H3,(H,17,20). The van der Waals surface area contributed by atoms with Gasteiger partial charge >= 0.3 is 0 Å². The summed E-state index contributed by atoms with van der Waals surface area (Å²) in [7, 11) is 0. The molecule has 1 aliphatic heterocycles. The van der Waals surface area contributed by atoms with Crippen molar-refractivity contribution in [1.29, 1.82) is 5.26 Å². The minimum Gasteiger partial charge on any atom is -0.393 e. The summed E-state index contributed by atoms with van der Waals surface area (Å²) in [6.07, 6.45) is 3.77. The van der Waals surface area contributed by atoms with Crippen LogP contribution in [-0.2, 0) is 4.79 Å². The number of amides is 1. The Kier molecular flexibility index (Phi) is 4.66. The number of nitrogens with one attached hydrogen (secondary N) is 1. The molecule has 0 radical (unpaired) electrons. The van der Waals surface area contributed by atoms with E-state index < -0.39 is 5.54 Å². The second-order valence-electron chi connectivity index (χ2n) is 6.51. The van der Waals surface area contributed by atoms with E-state index in [1.165, 1.54) is 0 Å². The van der Waals surface area contributed by atoms with Crippen molar-refractivity contribution >= 4 is 5.91 Å².